The largest absolute Gasteiger partial charge is 0.456 e. The molecule has 0 radical (unpaired) electrons. The van der Waals surface area contributed by atoms with Gasteiger partial charge in [-0.05, 0) is 117 Å². The fraction of sp³-hybridized carbons (Fsp3) is 0. The van der Waals surface area contributed by atoms with E-state index in [9.17, 15) is 0 Å². The number of rotatable bonds is 6. The van der Waals surface area contributed by atoms with Crippen LogP contribution in [0.1, 0.15) is 0 Å². The molecule has 0 amide bonds. The molecule has 55 heavy (non-hydrogen) atoms. The van der Waals surface area contributed by atoms with Crippen molar-refractivity contribution in [2.75, 3.05) is 4.90 Å². The van der Waals surface area contributed by atoms with Gasteiger partial charge in [0.25, 0.3) is 0 Å². The van der Waals surface area contributed by atoms with Gasteiger partial charge in [-0.15, -0.1) is 11.3 Å². The van der Waals surface area contributed by atoms with Crippen molar-refractivity contribution in [1.29, 1.82) is 0 Å². The van der Waals surface area contributed by atoms with E-state index in [2.05, 4.69) is 193 Å². The van der Waals surface area contributed by atoms with Crippen molar-refractivity contribution in [2.45, 2.75) is 0 Å². The summed E-state index contributed by atoms with van der Waals surface area (Å²) in [7, 11) is 0. The third kappa shape index (κ3) is 5.48. The average molecular weight is 720 g/mol. The monoisotopic (exact) mass is 719 g/mol. The lowest BCUT2D eigenvalue weighted by atomic mass is 9.98. The normalized spacial score (nSPS) is 11.6. The lowest BCUT2D eigenvalue weighted by Gasteiger charge is -2.27. The summed E-state index contributed by atoms with van der Waals surface area (Å²) in [6, 6.07) is 72.4. The van der Waals surface area contributed by atoms with Crippen LogP contribution in [0, 0.1) is 0 Å². The molecule has 2 nitrogen and oxygen atoms in total. The molecule has 0 fully saturated rings. The van der Waals surface area contributed by atoms with E-state index in [1.54, 1.807) is 0 Å². The number of furan rings is 1. The van der Waals surface area contributed by atoms with E-state index < -0.39 is 0 Å². The number of para-hydroxylation sites is 1. The SMILES string of the molecule is c1cc(-c2ccc3oc4ccccc4c3c2)cc(N(c2ccc(-c3ccc4ccccc4c3)cc2)c2cccc(-c3cccc4sc5ccccc5c34)c2)c1. The van der Waals surface area contributed by atoms with Crippen LogP contribution >= 0.6 is 11.3 Å². The molecular formula is C52H33NOS. The molecule has 2 heterocycles. The number of nitrogens with zero attached hydrogens (tertiary/aromatic N) is 1. The quantitative estimate of drug-likeness (QED) is 0.170. The Bertz CT molecular complexity index is 3220. The van der Waals surface area contributed by atoms with Gasteiger partial charge in [-0.1, -0.05) is 127 Å². The molecule has 0 spiro atoms. The maximum absolute atomic E-state index is 6.17. The highest BCUT2D eigenvalue weighted by Gasteiger charge is 2.17. The Morgan fingerprint density at radius 1 is 0.345 bits per heavy atom. The van der Waals surface area contributed by atoms with Crippen LogP contribution in [-0.4, -0.2) is 0 Å². The van der Waals surface area contributed by atoms with Gasteiger partial charge in [0.05, 0.1) is 0 Å². The molecule has 258 valence electrons. The molecule has 0 saturated carbocycles. The van der Waals surface area contributed by atoms with Gasteiger partial charge in [0.1, 0.15) is 11.2 Å². The summed E-state index contributed by atoms with van der Waals surface area (Å²) >= 11 is 1.86. The maximum atomic E-state index is 6.17. The van der Waals surface area contributed by atoms with Crippen molar-refractivity contribution < 1.29 is 4.42 Å². The van der Waals surface area contributed by atoms with Gasteiger partial charge in [0, 0.05) is 48.0 Å². The number of benzene rings is 9. The minimum Gasteiger partial charge on any atom is -0.456 e. The molecule has 0 atom stereocenters. The highest BCUT2D eigenvalue weighted by molar-refractivity contribution is 7.25. The van der Waals surface area contributed by atoms with E-state index in [-0.39, 0.29) is 0 Å². The summed E-state index contributed by atoms with van der Waals surface area (Å²) in [4.78, 5) is 2.38. The first-order chi connectivity index (χ1) is 27.2. The zero-order chi connectivity index (χ0) is 36.3. The smallest absolute Gasteiger partial charge is 0.135 e. The van der Waals surface area contributed by atoms with Crippen LogP contribution in [0.2, 0.25) is 0 Å². The Balaban J connectivity index is 1.05. The van der Waals surface area contributed by atoms with Crippen LogP contribution in [0.15, 0.2) is 205 Å². The van der Waals surface area contributed by atoms with Gasteiger partial charge < -0.3 is 9.32 Å². The summed E-state index contributed by atoms with van der Waals surface area (Å²) in [6.07, 6.45) is 0. The molecule has 0 saturated heterocycles. The molecule has 2 aromatic heterocycles. The Labute approximate surface area is 322 Å². The Kier molecular flexibility index (Phi) is 7.39. The third-order valence-electron chi connectivity index (χ3n) is 10.8. The van der Waals surface area contributed by atoms with Gasteiger partial charge in [0.2, 0.25) is 0 Å². The van der Waals surface area contributed by atoms with Crippen LogP contribution in [-0.2, 0) is 0 Å². The van der Waals surface area contributed by atoms with Gasteiger partial charge in [-0.3, -0.25) is 0 Å². The van der Waals surface area contributed by atoms with E-state index >= 15 is 0 Å². The summed E-state index contributed by atoms with van der Waals surface area (Å²) in [5.41, 5.74) is 12.2. The predicted molar refractivity (Wildman–Crippen MR) is 235 cm³/mol. The van der Waals surface area contributed by atoms with Gasteiger partial charge in [-0.2, -0.15) is 0 Å². The first-order valence-electron chi connectivity index (χ1n) is 18.7. The number of anilines is 3. The van der Waals surface area contributed by atoms with Gasteiger partial charge in [-0.25, -0.2) is 0 Å². The van der Waals surface area contributed by atoms with E-state index in [1.807, 2.05) is 23.5 Å². The second-order valence-corrected chi connectivity index (χ2v) is 15.2. The van der Waals surface area contributed by atoms with Crippen molar-refractivity contribution >= 4 is 81.3 Å². The lowest BCUT2D eigenvalue weighted by Crippen LogP contribution is -2.10. The zero-order valence-electron chi connectivity index (χ0n) is 29.8. The number of hydrogen-bond donors (Lipinski definition) is 0. The summed E-state index contributed by atoms with van der Waals surface area (Å²) in [5, 5.41) is 7.38. The van der Waals surface area contributed by atoms with Crippen LogP contribution < -0.4 is 4.90 Å². The molecule has 11 aromatic rings. The van der Waals surface area contributed by atoms with Gasteiger partial charge >= 0.3 is 0 Å². The third-order valence-corrected chi connectivity index (χ3v) is 12.0. The maximum Gasteiger partial charge on any atom is 0.135 e. The van der Waals surface area contributed by atoms with Crippen LogP contribution in [0.4, 0.5) is 17.1 Å². The predicted octanol–water partition coefficient (Wildman–Crippen LogP) is 15.6. The van der Waals surface area contributed by atoms with E-state index in [4.69, 9.17) is 4.42 Å². The Morgan fingerprint density at radius 2 is 0.964 bits per heavy atom. The molecular weight excluding hydrogens is 687 g/mol. The topological polar surface area (TPSA) is 16.4 Å². The first-order valence-corrected chi connectivity index (χ1v) is 19.5. The number of thiophene rings is 1. The van der Waals surface area contributed by atoms with Crippen molar-refractivity contribution in [3.8, 4) is 33.4 Å². The fourth-order valence-corrected chi connectivity index (χ4v) is 9.31. The lowest BCUT2D eigenvalue weighted by molar-refractivity contribution is 0.669. The minimum absolute atomic E-state index is 0.902. The van der Waals surface area contributed by atoms with E-state index in [0.717, 1.165) is 50.1 Å². The van der Waals surface area contributed by atoms with Crippen LogP contribution in [0.5, 0.6) is 0 Å². The Morgan fingerprint density at radius 3 is 1.84 bits per heavy atom. The molecule has 0 aliphatic carbocycles. The summed E-state index contributed by atoms with van der Waals surface area (Å²) in [5.74, 6) is 0. The minimum atomic E-state index is 0.902. The van der Waals surface area contributed by atoms with Crippen LogP contribution in [0.3, 0.4) is 0 Å². The first kappa shape index (κ1) is 31.6. The Hall–Kier alpha value is -6.94. The summed E-state index contributed by atoms with van der Waals surface area (Å²) < 4.78 is 8.79. The van der Waals surface area contributed by atoms with E-state index in [0.29, 0.717) is 0 Å². The molecule has 0 aliphatic rings. The molecule has 11 rings (SSSR count). The van der Waals surface area contributed by atoms with Crippen molar-refractivity contribution in [2.24, 2.45) is 0 Å². The van der Waals surface area contributed by atoms with Crippen molar-refractivity contribution in [3.63, 3.8) is 0 Å². The standard InChI is InChI=1S/C52H33NOS/c1-2-11-36-30-38(23-22-34(36)10-1)35-24-27-41(28-25-35)53(42-14-7-12-37(31-42)39-26-29-49-47(33-39)45-16-3-5-19-48(45)54-49)43-15-8-13-40(32-43)44-18-9-21-51-52(44)46-17-4-6-20-50(46)55-51/h1-33H. The molecule has 3 heteroatoms. The second-order valence-electron chi connectivity index (χ2n) is 14.1. The number of fused-ring (bicyclic) bond motifs is 7. The molecule has 0 unspecified atom stereocenters. The molecule has 0 aliphatic heterocycles. The zero-order valence-corrected chi connectivity index (χ0v) is 30.6. The highest BCUT2D eigenvalue weighted by Crippen LogP contribution is 2.43. The fourth-order valence-electron chi connectivity index (χ4n) is 8.18. The number of hydrogen-bond acceptors (Lipinski definition) is 3. The summed E-state index contributed by atoms with van der Waals surface area (Å²) in [6.45, 7) is 0. The average Bonchev–Trinajstić information content (AvgIpc) is 3.82. The van der Waals surface area contributed by atoms with Crippen LogP contribution in [0.25, 0.3) is 86.3 Å². The van der Waals surface area contributed by atoms with E-state index in [1.165, 1.54) is 53.2 Å². The molecule has 9 aromatic carbocycles. The molecule has 0 N–H and O–H groups in total. The second kappa shape index (κ2) is 12.9. The van der Waals surface area contributed by atoms with Gasteiger partial charge in [0.15, 0.2) is 0 Å². The van der Waals surface area contributed by atoms with Crippen molar-refractivity contribution in [1.82, 2.24) is 0 Å². The van der Waals surface area contributed by atoms with Crippen molar-refractivity contribution in [3.05, 3.63) is 200 Å². The highest BCUT2D eigenvalue weighted by atomic mass is 32.1. The molecule has 0 bridgehead atoms.